The number of hydrogen-bond acceptors (Lipinski definition) is 3. The van der Waals surface area contributed by atoms with E-state index in [0.717, 1.165) is 38.5 Å². The van der Waals surface area contributed by atoms with Gasteiger partial charge in [-0.3, -0.25) is 4.79 Å². The second-order valence-electron chi connectivity index (χ2n) is 19.0. The molecule has 0 saturated carbocycles. The molecule has 0 aromatic rings. The van der Waals surface area contributed by atoms with Crippen molar-refractivity contribution in [3.05, 3.63) is 48.6 Å². The van der Waals surface area contributed by atoms with Gasteiger partial charge in [-0.25, -0.2) is 0 Å². The summed E-state index contributed by atoms with van der Waals surface area (Å²) in [7, 11) is 0. The van der Waals surface area contributed by atoms with Gasteiger partial charge in [0.2, 0.25) is 5.91 Å². The van der Waals surface area contributed by atoms with Crippen molar-refractivity contribution in [2.75, 3.05) is 6.61 Å². The summed E-state index contributed by atoms with van der Waals surface area (Å²) >= 11 is 0. The van der Waals surface area contributed by atoms with Crippen LogP contribution in [0.1, 0.15) is 296 Å². The number of carbonyl (C=O) groups is 1. The van der Waals surface area contributed by atoms with Gasteiger partial charge in [-0.05, 0) is 70.6 Å². The Morgan fingerprint density at radius 1 is 0.371 bits per heavy atom. The molecule has 0 heterocycles. The highest BCUT2D eigenvalue weighted by atomic mass is 16.3. The summed E-state index contributed by atoms with van der Waals surface area (Å²) < 4.78 is 0. The lowest BCUT2D eigenvalue weighted by atomic mass is 10.0. The SMILES string of the molecule is CCCCCCCCC/C=C/CC/C=C/CC/C=C/C(O)C(CO)NC(=O)CCCCCCCCCCCCCCCCCCC/C=C\CCCCCCCCCCCCCC. The van der Waals surface area contributed by atoms with E-state index in [0.29, 0.717) is 6.42 Å². The molecule has 0 aliphatic carbocycles. The Balaban J connectivity index is 3.48. The molecular weight excluding hydrogens is 759 g/mol. The number of amides is 1. The van der Waals surface area contributed by atoms with Gasteiger partial charge in [0, 0.05) is 6.42 Å². The van der Waals surface area contributed by atoms with Gasteiger partial charge in [0.25, 0.3) is 0 Å². The summed E-state index contributed by atoms with van der Waals surface area (Å²) in [5.74, 6) is -0.0747. The molecule has 4 heteroatoms. The molecule has 0 spiro atoms. The smallest absolute Gasteiger partial charge is 0.220 e. The van der Waals surface area contributed by atoms with Gasteiger partial charge < -0.3 is 15.5 Å². The quantitative estimate of drug-likeness (QED) is 0.0421. The van der Waals surface area contributed by atoms with Crippen LogP contribution in [0.25, 0.3) is 0 Å². The molecule has 62 heavy (non-hydrogen) atoms. The van der Waals surface area contributed by atoms with Crippen LogP contribution in [0.15, 0.2) is 48.6 Å². The number of rotatable bonds is 51. The van der Waals surface area contributed by atoms with Gasteiger partial charge >= 0.3 is 0 Å². The van der Waals surface area contributed by atoms with E-state index in [-0.39, 0.29) is 12.5 Å². The Hall–Kier alpha value is -1.65. The van der Waals surface area contributed by atoms with Gasteiger partial charge in [-0.15, -0.1) is 0 Å². The van der Waals surface area contributed by atoms with Crippen molar-refractivity contribution >= 4 is 5.91 Å². The van der Waals surface area contributed by atoms with Crippen LogP contribution in [0.4, 0.5) is 0 Å². The maximum absolute atomic E-state index is 12.4. The van der Waals surface area contributed by atoms with E-state index < -0.39 is 12.1 Å². The first-order chi connectivity index (χ1) is 30.7. The van der Waals surface area contributed by atoms with Crippen LogP contribution in [0.3, 0.4) is 0 Å². The lowest BCUT2D eigenvalue weighted by molar-refractivity contribution is -0.123. The minimum Gasteiger partial charge on any atom is -0.394 e. The van der Waals surface area contributed by atoms with E-state index in [1.807, 2.05) is 6.08 Å². The standard InChI is InChI=1S/C58H109NO3/c1-3-5-7-9-11-13-15-17-19-21-22-23-24-25-26-27-28-29-30-31-32-33-34-35-36-38-40-42-44-46-48-50-52-54-58(62)59-56(55-60)57(61)53-51-49-47-45-43-41-39-37-20-18-16-14-12-10-8-6-4-2/h20,25-26,37,43,45,51,53,56-57,60-61H,3-19,21-24,27-36,38-42,44,46-50,52,54-55H2,1-2H3,(H,59,62)/b26-25-,37-20+,45-43+,53-51+. The highest BCUT2D eigenvalue weighted by Crippen LogP contribution is 2.16. The van der Waals surface area contributed by atoms with Crippen molar-refractivity contribution in [3.63, 3.8) is 0 Å². The van der Waals surface area contributed by atoms with Crippen LogP contribution in [0, 0.1) is 0 Å². The first-order valence-corrected chi connectivity index (χ1v) is 27.9. The Morgan fingerprint density at radius 3 is 0.935 bits per heavy atom. The van der Waals surface area contributed by atoms with Crippen LogP contribution in [0.5, 0.6) is 0 Å². The van der Waals surface area contributed by atoms with E-state index in [2.05, 4.69) is 55.6 Å². The molecule has 0 bridgehead atoms. The molecule has 364 valence electrons. The molecule has 0 aromatic carbocycles. The molecule has 4 nitrogen and oxygen atoms in total. The summed E-state index contributed by atoms with van der Waals surface area (Å²) in [6.45, 7) is 4.31. The molecular formula is C58H109NO3. The molecule has 1 amide bonds. The molecule has 0 radical (unpaired) electrons. The number of hydrogen-bond donors (Lipinski definition) is 3. The van der Waals surface area contributed by atoms with Crippen LogP contribution < -0.4 is 5.32 Å². The van der Waals surface area contributed by atoms with Crippen molar-refractivity contribution in [1.29, 1.82) is 0 Å². The third-order valence-corrected chi connectivity index (χ3v) is 12.8. The lowest BCUT2D eigenvalue weighted by Gasteiger charge is -2.19. The maximum Gasteiger partial charge on any atom is 0.220 e. The van der Waals surface area contributed by atoms with Crippen molar-refractivity contribution in [1.82, 2.24) is 5.32 Å². The zero-order chi connectivity index (χ0) is 44.9. The first-order valence-electron chi connectivity index (χ1n) is 27.9. The minimum absolute atomic E-state index is 0.0747. The summed E-state index contributed by atoms with van der Waals surface area (Å²) in [4.78, 5) is 12.4. The second-order valence-corrected chi connectivity index (χ2v) is 19.0. The summed E-state index contributed by atoms with van der Waals surface area (Å²) in [6, 6.07) is -0.645. The zero-order valence-corrected chi connectivity index (χ0v) is 41.9. The second kappa shape index (κ2) is 53.7. The van der Waals surface area contributed by atoms with Gasteiger partial charge in [0.05, 0.1) is 18.8 Å². The lowest BCUT2D eigenvalue weighted by Crippen LogP contribution is -2.45. The Bertz CT molecular complexity index is 985. The van der Waals surface area contributed by atoms with Crippen LogP contribution in [-0.2, 0) is 4.79 Å². The molecule has 0 aliphatic heterocycles. The molecule has 0 fully saturated rings. The fourth-order valence-electron chi connectivity index (χ4n) is 8.50. The summed E-state index contributed by atoms with van der Waals surface area (Å²) in [6.07, 6.45) is 74.2. The number of aliphatic hydroxyl groups is 2. The first kappa shape index (κ1) is 60.4. The molecule has 0 aromatic heterocycles. The Kier molecular flexibility index (Phi) is 52.3. The van der Waals surface area contributed by atoms with Crippen molar-refractivity contribution < 1.29 is 15.0 Å². The molecule has 2 atom stereocenters. The van der Waals surface area contributed by atoms with Gasteiger partial charge in [0.1, 0.15) is 0 Å². The van der Waals surface area contributed by atoms with E-state index in [1.165, 1.54) is 238 Å². The highest BCUT2D eigenvalue weighted by molar-refractivity contribution is 5.76. The van der Waals surface area contributed by atoms with E-state index in [9.17, 15) is 15.0 Å². The zero-order valence-electron chi connectivity index (χ0n) is 41.9. The fourth-order valence-corrected chi connectivity index (χ4v) is 8.50. The summed E-state index contributed by atoms with van der Waals surface area (Å²) in [5, 5.41) is 23.1. The van der Waals surface area contributed by atoms with E-state index in [4.69, 9.17) is 0 Å². The average Bonchev–Trinajstić information content (AvgIpc) is 3.28. The van der Waals surface area contributed by atoms with Crippen molar-refractivity contribution in [3.8, 4) is 0 Å². The third kappa shape index (κ3) is 49.4. The summed E-state index contributed by atoms with van der Waals surface area (Å²) in [5.41, 5.74) is 0. The number of allylic oxidation sites excluding steroid dienone is 7. The third-order valence-electron chi connectivity index (χ3n) is 12.8. The number of aliphatic hydroxyl groups excluding tert-OH is 2. The van der Waals surface area contributed by atoms with E-state index >= 15 is 0 Å². The van der Waals surface area contributed by atoms with Crippen molar-refractivity contribution in [2.24, 2.45) is 0 Å². The normalized spacial score (nSPS) is 13.2. The van der Waals surface area contributed by atoms with Gasteiger partial charge in [-0.1, -0.05) is 268 Å². The van der Waals surface area contributed by atoms with Gasteiger partial charge in [-0.2, -0.15) is 0 Å². The monoisotopic (exact) mass is 868 g/mol. The topological polar surface area (TPSA) is 69.6 Å². The molecule has 0 saturated heterocycles. The predicted octanol–water partition coefficient (Wildman–Crippen LogP) is 18.3. The molecule has 3 N–H and O–H groups in total. The van der Waals surface area contributed by atoms with E-state index in [1.54, 1.807) is 6.08 Å². The maximum atomic E-state index is 12.4. The molecule has 0 aliphatic rings. The van der Waals surface area contributed by atoms with Crippen molar-refractivity contribution in [2.45, 2.75) is 309 Å². The number of unbranched alkanes of at least 4 members (excludes halogenated alkanes) is 38. The highest BCUT2D eigenvalue weighted by Gasteiger charge is 2.18. The largest absolute Gasteiger partial charge is 0.394 e. The fraction of sp³-hybridized carbons (Fsp3) is 0.845. The molecule has 0 rings (SSSR count). The van der Waals surface area contributed by atoms with Gasteiger partial charge in [0.15, 0.2) is 0 Å². The van der Waals surface area contributed by atoms with Crippen LogP contribution >= 0.6 is 0 Å². The number of carbonyl (C=O) groups excluding carboxylic acids is 1. The Morgan fingerprint density at radius 2 is 0.629 bits per heavy atom. The average molecular weight is 869 g/mol. The predicted molar refractivity (Wildman–Crippen MR) is 276 cm³/mol. The number of nitrogens with one attached hydrogen (secondary N) is 1. The molecule has 2 unspecified atom stereocenters. The van der Waals surface area contributed by atoms with Crippen LogP contribution in [-0.4, -0.2) is 34.9 Å². The van der Waals surface area contributed by atoms with Crippen LogP contribution in [0.2, 0.25) is 0 Å². The Labute approximate surface area is 388 Å². The minimum atomic E-state index is -0.870.